The zero-order chi connectivity index (χ0) is 14.6. The number of amides is 1. The van der Waals surface area contributed by atoms with Gasteiger partial charge in [-0.25, -0.2) is 0 Å². The van der Waals surface area contributed by atoms with Crippen molar-refractivity contribution in [3.63, 3.8) is 0 Å². The number of carbonyl (C=O) groups is 1. The second kappa shape index (κ2) is 6.70. The minimum atomic E-state index is -0.719. The SMILES string of the molecule is CCC(C)(N)C(=O)N1CCCN(Cc2cccs2)CC1. The molecule has 0 spiro atoms. The first-order valence-electron chi connectivity index (χ1n) is 7.36. The normalized spacial score (nSPS) is 20.4. The van der Waals surface area contributed by atoms with Crippen molar-refractivity contribution in [2.75, 3.05) is 26.2 Å². The third-order valence-electron chi connectivity index (χ3n) is 4.06. The Morgan fingerprint density at radius 3 is 2.85 bits per heavy atom. The van der Waals surface area contributed by atoms with Gasteiger partial charge in [-0.05, 0) is 31.2 Å². The topological polar surface area (TPSA) is 49.6 Å². The first-order valence-corrected chi connectivity index (χ1v) is 8.24. The zero-order valence-corrected chi connectivity index (χ0v) is 13.3. The summed E-state index contributed by atoms with van der Waals surface area (Å²) in [7, 11) is 0. The van der Waals surface area contributed by atoms with Gasteiger partial charge < -0.3 is 10.6 Å². The molecule has 0 aliphatic carbocycles. The number of hydrogen-bond acceptors (Lipinski definition) is 4. The van der Waals surface area contributed by atoms with Gasteiger partial charge in [0.15, 0.2) is 0 Å². The van der Waals surface area contributed by atoms with Crippen LogP contribution in [0.15, 0.2) is 17.5 Å². The van der Waals surface area contributed by atoms with Crippen LogP contribution in [0.5, 0.6) is 0 Å². The molecular weight excluding hydrogens is 270 g/mol. The summed E-state index contributed by atoms with van der Waals surface area (Å²) in [5, 5.41) is 2.12. The van der Waals surface area contributed by atoms with Crippen molar-refractivity contribution in [1.29, 1.82) is 0 Å². The Kier molecular flexibility index (Phi) is 5.18. The minimum Gasteiger partial charge on any atom is -0.340 e. The van der Waals surface area contributed by atoms with Crippen molar-refractivity contribution in [3.8, 4) is 0 Å². The molecule has 0 bridgehead atoms. The summed E-state index contributed by atoms with van der Waals surface area (Å²) in [4.78, 5) is 18.2. The summed E-state index contributed by atoms with van der Waals surface area (Å²) in [6.45, 7) is 8.40. The molecule has 2 N–H and O–H groups in total. The molecule has 1 saturated heterocycles. The van der Waals surface area contributed by atoms with Gasteiger partial charge >= 0.3 is 0 Å². The standard InChI is InChI=1S/C15H25N3OS/c1-3-15(2,16)14(19)18-8-5-7-17(9-10-18)12-13-6-4-11-20-13/h4,6,11H,3,5,7-10,12,16H2,1-2H3. The van der Waals surface area contributed by atoms with Gasteiger partial charge in [-0.15, -0.1) is 11.3 Å². The monoisotopic (exact) mass is 295 g/mol. The maximum Gasteiger partial charge on any atom is 0.242 e. The summed E-state index contributed by atoms with van der Waals surface area (Å²) in [6.07, 6.45) is 1.71. The molecule has 2 rings (SSSR count). The van der Waals surface area contributed by atoms with Crippen molar-refractivity contribution >= 4 is 17.2 Å². The van der Waals surface area contributed by atoms with Gasteiger partial charge in [0, 0.05) is 37.6 Å². The fraction of sp³-hybridized carbons (Fsp3) is 0.667. The Morgan fingerprint density at radius 2 is 2.20 bits per heavy atom. The molecule has 1 fully saturated rings. The van der Waals surface area contributed by atoms with Crippen LogP contribution in [0.3, 0.4) is 0 Å². The maximum atomic E-state index is 12.4. The number of carbonyl (C=O) groups excluding carboxylic acids is 1. The molecule has 1 amide bonds. The highest BCUT2D eigenvalue weighted by Crippen LogP contribution is 2.16. The molecule has 1 aliphatic rings. The summed E-state index contributed by atoms with van der Waals surface area (Å²) in [5.41, 5.74) is 5.36. The molecule has 4 nitrogen and oxygen atoms in total. The fourth-order valence-corrected chi connectivity index (χ4v) is 3.21. The smallest absolute Gasteiger partial charge is 0.242 e. The second-order valence-corrected chi connectivity index (χ2v) is 6.80. The van der Waals surface area contributed by atoms with Crippen LogP contribution >= 0.6 is 11.3 Å². The van der Waals surface area contributed by atoms with Gasteiger partial charge in [-0.3, -0.25) is 9.69 Å². The molecule has 5 heteroatoms. The summed E-state index contributed by atoms with van der Waals surface area (Å²) < 4.78 is 0. The van der Waals surface area contributed by atoms with Crippen LogP contribution in [-0.4, -0.2) is 47.4 Å². The van der Waals surface area contributed by atoms with Crippen molar-refractivity contribution in [2.45, 2.75) is 38.8 Å². The molecular formula is C15H25N3OS. The van der Waals surface area contributed by atoms with E-state index in [2.05, 4.69) is 22.4 Å². The molecule has 2 heterocycles. The molecule has 0 radical (unpaired) electrons. The van der Waals surface area contributed by atoms with E-state index < -0.39 is 5.54 Å². The van der Waals surface area contributed by atoms with E-state index in [1.165, 1.54) is 4.88 Å². The van der Waals surface area contributed by atoms with Crippen LogP contribution in [0, 0.1) is 0 Å². The zero-order valence-electron chi connectivity index (χ0n) is 12.5. The van der Waals surface area contributed by atoms with Crippen molar-refractivity contribution in [2.24, 2.45) is 5.73 Å². The maximum absolute atomic E-state index is 12.4. The lowest BCUT2D eigenvalue weighted by atomic mass is 9.98. The van der Waals surface area contributed by atoms with Crippen LogP contribution in [0.25, 0.3) is 0 Å². The van der Waals surface area contributed by atoms with Crippen LogP contribution < -0.4 is 5.73 Å². The van der Waals surface area contributed by atoms with E-state index in [4.69, 9.17) is 5.73 Å². The minimum absolute atomic E-state index is 0.0953. The summed E-state index contributed by atoms with van der Waals surface area (Å²) >= 11 is 1.80. The summed E-state index contributed by atoms with van der Waals surface area (Å²) in [5.74, 6) is 0.0953. The third-order valence-corrected chi connectivity index (χ3v) is 4.92. The second-order valence-electron chi connectivity index (χ2n) is 5.77. The lowest BCUT2D eigenvalue weighted by Crippen LogP contribution is -2.53. The van der Waals surface area contributed by atoms with Gasteiger partial charge in [0.25, 0.3) is 0 Å². The highest BCUT2D eigenvalue weighted by Gasteiger charge is 2.31. The Hall–Kier alpha value is -0.910. The highest BCUT2D eigenvalue weighted by atomic mass is 32.1. The lowest BCUT2D eigenvalue weighted by molar-refractivity contribution is -0.136. The van der Waals surface area contributed by atoms with Gasteiger partial charge in [0.2, 0.25) is 5.91 Å². The van der Waals surface area contributed by atoms with E-state index in [-0.39, 0.29) is 5.91 Å². The number of thiophene rings is 1. The van der Waals surface area contributed by atoms with Gasteiger partial charge in [0.1, 0.15) is 0 Å². The van der Waals surface area contributed by atoms with Crippen LogP contribution in [0.1, 0.15) is 31.6 Å². The molecule has 112 valence electrons. The molecule has 1 aromatic rings. The largest absolute Gasteiger partial charge is 0.340 e. The third kappa shape index (κ3) is 3.81. The van der Waals surface area contributed by atoms with Gasteiger partial charge in [-0.1, -0.05) is 13.0 Å². The first kappa shape index (κ1) is 15.5. The molecule has 1 aliphatic heterocycles. The molecule has 0 aromatic carbocycles. The Bertz CT molecular complexity index is 430. The number of rotatable bonds is 4. The number of hydrogen-bond donors (Lipinski definition) is 1. The van der Waals surface area contributed by atoms with Crippen molar-refractivity contribution in [1.82, 2.24) is 9.80 Å². The van der Waals surface area contributed by atoms with Crippen LogP contribution in [0.4, 0.5) is 0 Å². The van der Waals surface area contributed by atoms with Crippen molar-refractivity contribution in [3.05, 3.63) is 22.4 Å². The molecule has 0 saturated carbocycles. The Labute approximate surface area is 125 Å². The van der Waals surface area contributed by atoms with E-state index in [1.54, 1.807) is 11.3 Å². The Balaban J connectivity index is 1.90. The lowest BCUT2D eigenvalue weighted by Gasteiger charge is -2.30. The molecule has 1 atom stereocenters. The molecule has 1 unspecified atom stereocenters. The van der Waals surface area contributed by atoms with E-state index in [0.29, 0.717) is 6.42 Å². The number of nitrogens with two attached hydrogens (primary N) is 1. The quantitative estimate of drug-likeness (QED) is 0.923. The average Bonchev–Trinajstić information content (AvgIpc) is 2.83. The van der Waals surface area contributed by atoms with Crippen LogP contribution in [0.2, 0.25) is 0 Å². The van der Waals surface area contributed by atoms with Crippen LogP contribution in [-0.2, 0) is 11.3 Å². The van der Waals surface area contributed by atoms with E-state index in [1.807, 2.05) is 18.7 Å². The molecule has 1 aromatic heterocycles. The predicted molar refractivity (Wildman–Crippen MR) is 83.7 cm³/mol. The first-order chi connectivity index (χ1) is 9.53. The number of nitrogens with zero attached hydrogens (tertiary/aromatic N) is 2. The summed E-state index contributed by atoms with van der Waals surface area (Å²) in [6, 6.07) is 4.27. The van der Waals surface area contributed by atoms with E-state index >= 15 is 0 Å². The van der Waals surface area contributed by atoms with Gasteiger partial charge in [-0.2, -0.15) is 0 Å². The van der Waals surface area contributed by atoms with Crippen molar-refractivity contribution < 1.29 is 4.79 Å². The van der Waals surface area contributed by atoms with E-state index in [9.17, 15) is 4.79 Å². The predicted octanol–water partition coefficient (Wildman–Crippen LogP) is 1.91. The molecule has 20 heavy (non-hydrogen) atoms. The van der Waals surface area contributed by atoms with E-state index in [0.717, 1.165) is 39.1 Å². The average molecular weight is 295 g/mol. The fourth-order valence-electron chi connectivity index (χ4n) is 2.47. The Morgan fingerprint density at radius 1 is 1.40 bits per heavy atom. The highest BCUT2D eigenvalue weighted by molar-refractivity contribution is 7.09. The van der Waals surface area contributed by atoms with Gasteiger partial charge in [0.05, 0.1) is 5.54 Å².